The molecule has 0 amide bonds. The molecule has 15 atom stereocenters. The number of hydrogen-bond acceptors (Lipinski definition) is 19. The average Bonchev–Trinajstić information content (AvgIpc) is 3.17. The van der Waals surface area contributed by atoms with E-state index in [9.17, 15) is 61.0 Å². The first kappa shape index (κ1) is 42.7. The van der Waals surface area contributed by atoms with E-state index >= 15 is 0 Å². The Bertz CT molecular complexity index is 1960. The summed E-state index contributed by atoms with van der Waals surface area (Å²) >= 11 is 0. The van der Waals surface area contributed by atoms with Crippen LogP contribution in [0, 0.1) is 0 Å². The number of ether oxygens (including phenoxy) is 6. The van der Waals surface area contributed by atoms with Crippen LogP contribution in [0.1, 0.15) is 33.3 Å². The summed E-state index contributed by atoms with van der Waals surface area (Å²) in [5.74, 6) is -1.96. The molecule has 3 aliphatic rings. The average molecular weight is 809 g/mol. The highest BCUT2D eigenvalue weighted by molar-refractivity contribution is 5.91. The van der Waals surface area contributed by atoms with E-state index in [1.807, 2.05) is 0 Å². The van der Waals surface area contributed by atoms with Gasteiger partial charge in [-0.15, -0.1) is 0 Å². The first-order chi connectivity index (χ1) is 26.9. The van der Waals surface area contributed by atoms with Crippen molar-refractivity contribution in [3.63, 3.8) is 0 Å². The van der Waals surface area contributed by atoms with Gasteiger partial charge >= 0.3 is 0 Å². The second-order valence-corrected chi connectivity index (χ2v) is 14.6. The topological polar surface area (TPSA) is 308 Å². The number of aliphatic hydroxyl groups is 9. The quantitative estimate of drug-likeness (QED) is 0.105. The molecule has 0 unspecified atom stereocenters. The monoisotopic (exact) mass is 808 g/mol. The van der Waals surface area contributed by atoms with E-state index < -0.39 is 121 Å². The van der Waals surface area contributed by atoms with Crippen molar-refractivity contribution >= 4 is 11.0 Å². The molecule has 4 heterocycles. The maximum atomic E-state index is 14.6. The summed E-state index contributed by atoms with van der Waals surface area (Å²) in [4.78, 5) is 14.6. The van der Waals surface area contributed by atoms with Crippen molar-refractivity contribution in [2.45, 2.75) is 126 Å². The number of hydrogen-bond donors (Lipinski definition) is 11. The number of aliphatic hydroxyl groups excluding tert-OH is 9. The van der Waals surface area contributed by atoms with Crippen LogP contribution in [-0.4, -0.2) is 155 Å². The minimum Gasteiger partial charge on any atom is -0.508 e. The van der Waals surface area contributed by atoms with Gasteiger partial charge in [-0.3, -0.25) is 4.79 Å². The maximum absolute atomic E-state index is 14.6. The molecule has 3 saturated heterocycles. The Hall–Kier alpha value is -3.93. The van der Waals surface area contributed by atoms with E-state index in [0.29, 0.717) is 0 Å². The largest absolute Gasteiger partial charge is 0.508 e. The molecule has 11 N–H and O–H groups in total. The standard InChI is InChI=1S/C38H48O19/c1-13(2)5-10-18-20(53-37-31(50)28(47)25(44)21(12-39)54-37)11-19(41)22-26(45)34(32(55-33(18)22)16-6-8-17(40)9-7-16)56-38-35(29(48)24(43)15(4)52-38)57-36-30(49)27(46)23(42)14(3)51-36/h5-9,11,14-15,21,23-25,27-31,35-44,46-50H,10,12H2,1-4H3/t14-,15-,21+,23+,24+,25+,27+,28+,29-,30+,31-,35+,36+,37-,38+/m1/s1. The predicted octanol–water partition coefficient (Wildman–Crippen LogP) is -1.38. The van der Waals surface area contributed by atoms with Crippen LogP contribution in [0.5, 0.6) is 23.0 Å². The zero-order chi connectivity index (χ0) is 41.6. The summed E-state index contributed by atoms with van der Waals surface area (Å²) in [7, 11) is 0. The van der Waals surface area contributed by atoms with Gasteiger partial charge in [0.15, 0.2) is 18.2 Å². The van der Waals surface area contributed by atoms with E-state index in [0.717, 1.165) is 11.6 Å². The van der Waals surface area contributed by atoms with Gasteiger partial charge < -0.3 is 89.0 Å². The van der Waals surface area contributed by atoms with Crippen LogP contribution >= 0.6 is 0 Å². The lowest BCUT2D eigenvalue weighted by Gasteiger charge is -2.45. The molecule has 0 bridgehead atoms. The number of benzene rings is 2. The second kappa shape index (κ2) is 17.1. The summed E-state index contributed by atoms with van der Waals surface area (Å²) in [5.41, 5.74) is -0.144. The van der Waals surface area contributed by atoms with E-state index in [-0.39, 0.29) is 40.4 Å². The Morgan fingerprint density at radius 1 is 0.737 bits per heavy atom. The van der Waals surface area contributed by atoms with Crippen molar-refractivity contribution in [1.82, 2.24) is 0 Å². The van der Waals surface area contributed by atoms with E-state index in [4.69, 9.17) is 32.8 Å². The van der Waals surface area contributed by atoms with Gasteiger partial charge in [0.1, 0.15) is 83.2 Å². The van der Waals surface area contributed by atoms with Crippen LogP contribution in [-0.2, 0) is 25.4 Å². The molecule has 314 valence electrons. The van der Waals surface area contributed by atoms with E-state index in [2.05, 4.69) is 0 Å². The van der Waals surface area contributed by atoms with Crippen molar-refractivity contribution < 1.29 is 89.0 Å². The summed E-state index contributed by atoms with van der Waals surface area (Å²) in [6.45, 7) is 5.64. The fraction of sp³-hybridized carbons (Fsp3) is 0.553. The van der Waals surface area contributed by atoms with Crippen LogP contribution in [0.25, 0.3) is 22.3 Å². The molecular weight excluding hydrogens is 760 g/mol. The molecule has 19 nitrogen and oxygen atoms in total. The third-order valence-electron chi connectivity index (χ3n) is 10.2. The summed E-state index contributed by atoms with van der Waals surface area (Å²) in [6, 6.07) is 6.38. The van der Waals surface area contributed by atoms with Crippen LogP contribution in [0.15, 0.2) is 51.2 Å². The Morgan fingerprint density at radius 2 is 1.33 bits per heavy atom. The zero-order valence-corrected chi connectivity index (χ0v) is 31.2. The predicted molar refractivity (Wildman–Crippen MR) is 193 cm³/mol. The summed E-state index contributed by atoms with van der Waals surface area (Å²) in [5, 5.41) is 115. The van der Waals surface area contributed by atoms with Crippen LogP contribution < -0.4 is 14.9 Å². The van der Waals surface area contributed by atoms with Crippen LogP contribution in [0.3, 0.4) is 0 Å². The minimum absolute atomic E-state index is 0.00401. The van der Waals surface area contributed by atoms with Gasteiger partial charge in [0.2, 0.25) is 23.8 Å². The fourth-order valence-corrected chi connectivity index (χ4v) is 6.80. The number of phenols is 2. The second-order valence-electron chi connectivity index (χ2n) is 14.6. The van der Waals surface area contributed by atoms with Crippen LogP contribution in [0.4, 0.5) is 0 Å². The molecule has 6 rings (SSSR count). The van der Waals surface area contributed by atoms with Gasteiger partial charge in [-0.1, -0.05) is 11.6 Å². The molecular formula is C38H48O19. The summed E-state index contributed by atoms with van der Waals surface area (Å²) < 4.78 is 41.3. The van der Waals surface area contributed by atoms with Crippen molar-refractivity contribution in [2.24, 2.45) is 0 Å². The van der Waals surface area contributed by atoms with Gasteiger partial charge in [-0.25, -0.2) is 0 Å². The molecule has 0 spiro atoms. The number of rotatable bonds is 10. The maximum Gasteiger partial charge on any atom is 0.239 e. The van der Waals surface area contributed by atoms with E-state index in [1.54, 1.807) is 19.9 Å². The molecule has 3 fully saturated rings. The number of fused-ring (bicyclic) bond motifs is 1. The van der Waals surface area contributed by atoms with Crippen molar-refractivity contribution in [2.75, 3.05) is 6.61 Å². The Kier molecular flexibility index (Phi) is 12.8. The molecule has 3 aliphatic heterocycles. The first-order valence-corrected chi connectivity index (χ1v) is 18.2. The molecule has 1 aromatic heterocycles. The molecule has 3 aromatic rings. The Balaban J connectivity index is 1.50. The minimum atomic E-state index is -1.84. The SMILES string of the molecule is CC(C)=CCc1c(O[C@@H]2O[C@@H](CO)[C@H](O)[C@H](O)[C@H]2O)cc(O)c2c(=O)c(O[C@@H]3O[C@H](C)[C@H](O)[C@@H](O)[C@@H]3O[C@@H]3O[C@H](C)[C@H](O)[C@H](O)[C@@H]3O)c(-c3ccc(O)cc3)oc12. The van der Waals surface area contributed by atoms with Crippen LogP contribution in [0.2, 0.25) is 0 Å². The molecule has 2 aromatic carbocycles. The zero-order valence-electron chi connectivity index (χ0n) is 31.2. The number of allylic oxidation sites excluding steroid dienone is 2. The lowest BCUT2D eigenvalue weighted by atomic mass is 9.98. The highest BCUT2D eigenvalue weighted by atomic mass is 16.8. The van der Waals surface area contributed by atoms with E-state index in [1.165, 1.54) is 38.1 Å². The smallest absolute Gasteiger partial charge is 0.239 e. The molecule has 0 saturated carbocycles. The van der Waals surface area contributed by atoms with Crippen molar-refractivity contribution in [3.05, 3.63) is 57.8 Å². The molecule has 0 aliphatic carbocycles. The third-order valence-corrected chi connectivity index (χ3v) is 10.2. The third kappa shape index (κ3) is 8.35. The van der Waals surface area contributed by atoms with Gasteiger partial charge in [0.25, 0.3) is 0 Å². The fourth-order valence-electron chi connectivity index (χ4n) is 6.80. The van der Waals surface area contributed by atoms with Gasteiger partial charge in [-0.05, 0) is 58.4 Å². The van der Waals surface area contributed by atoms with Crippen molar-refractivity contribution in [3.8, 4) is 34.3 Å². The summed E-state index contributed by atoms with van der Waals surface area (Å²) in [6.07, 6.45) is -22.4. The molecule has 57 heavy (non-hydrogen) atoms. The lowest BCUT2D eigenvalue weighted by molar-refractivity contribution is -0.352. The number of phenolic OH excluding ortho intramolecular Hbond substituents is 2. The Morgan fingerprint density at radius 3 is 1.96 bits per heavy atom. The van der Waals surface area contributed by atoms with Crippen molar-refractivity contribution in [1.29, 1.82) is 0 Å². The molecule has 19 heteroatoms. The number of aromatic hydroxyl groups is 2. The van der Waals surface area contributed by atoms with Gasteiger partial charge in [-0.2, -0.15) is 0 Å². The normalized spacial score (nSPS) is 35.8. The highest BCUT2D eigenvalue weighted by Crippen LogP contribution is 2.42. The Labute approximate surface area is 324 Å². The first-order valence-electron chi connectivity index (χ1n) is 18.2. The highest BCUT2D eigenvalue weighted by Gasteiger charge is 2.51. The lowest BCUT2D eigenvalue weighted by Crippen LogP contribution is -2.63. The van der Waals surface area contributed by atoms with Gasteiger partial charge in [0, 0.05) is 17.2 Å². The van der Waals surface area contributed by atoms with Gasteiger partial charge in [0.05, 0.1) is 18.8 Å². The molecule has 0 radical (unpaired) electrons.